The van der Waals surface area contributed by atoms with Gasteiger partial charge in [-0.25, -0.2) is 5.41 Å². The molecule has 0 amide bonds. The van der Waals surface area contributed by atoms with Crippen molar-refractivity contribution in [2.45, 2.75) is 0 Å². The Kier molecular flexibility index (Phi) is 3.51. The summed E-state index contributed by atoms with van der Waals surface area (Å²) in [7, 11) is 0. The molecule has 0 heterocycles. The highest BCUT2D eigenvalue weighted by molar-refractivity contribution is 5.49. The largest absolute Gasteiger partial charge is 0.243 e. The maximum Gasteiger partial charge on any atom is 0.243 e. The van der Waals surface area contributed by atoms with Crippen LogP contribution in [0.4, 0.5) is 0 Å². The molecule has 0 saturated carbocycles. The van der Waals surface area contributed by atoms with Crippen LogP contribution in [0.2, 0.25) is 0 Å². The fourth-order valence-corrected chi connectivity index (χ4v) is 0.0986. The van der Waals surface area contributed by atoms with E-state index in [9.17, 15) is 0 Å². The molecule has 0 atom stereocenters. The van der Waals surface area contributed by atoms with Gasteiger partial charge < -0.3 is 0 Å². The van der Waals surface area contributed by atoms with E-state index >= 15 is 0 Å². The average Bonchev–Trinajstić information content (AvgIpc) is 1.69. The molecule has 0 saturated heterocycles. The molecule has 1 nitrogen and oxygen atoms in total. The Morgan fingerprint density at radius 3 is 2.71 bits per heavy atom. The number of hydrogen-bond donors (Lipinski definition) is 1. The third kappa shape index (κ3) is 4.48. The van der Waals surface area contributed by atoms with E-state index in [0.717, 1.165) is 0 Å². The molecule has 0 aliphatic rings. The van der Waals surface area contributed by atoms with Gasteiger partial charge in [0, 0.05) is 0 Å². The second-order valence-electron chi connectivity index (χ2n) is 0.644. The van der Waals surface area contributed by atoms with Gasteiger partial charge in [-0.3, -0.25) is 0 Å². The molecule has 0 bridgehead atoms. The minimum absolute atomic E-state index is 1.83. The van der Waals surface area contributed by atoms with Crippen molar-refractivity contribution in [1.82, 2.24) is 0 Å². The second kappa shape index (κ2) is 4.48. The lowest BCUT2D eigenvalue weighted by Crippen LogP contribution is -1.48. The van der Waals surface area contributed by atoms with Gasteiger partial charge in [0.05, 0.1) is 0 Å². The standard InChI is InChI=1S/C6H2N/c1-2-3-4-5-6-7/h1,7H/q+1. The fourth-order valence-electron chi connectivity index (χ4n) is 0.0986. The fraction of sp³-hybridized carbons (Fsp3) is 0. The molecule has 30 valence electrons. The predicted octanol–water partition coefficient (Wildman–Crippen LogP) is 0.231. The van der Waals surface area contributed by atoms with Crippen molar-refractivity contribution < 1.29 is 0 Å². The monoisotopic (exact) mass is 88.0 g/mol. The van der Waals surface area contributed by atoms with E-state index in [4.69, 9.17) is 11.8 Å². The second-order valence-corrected chi connectivity index (χ2v) is 0.644. The van der Waals surface area contributed by atoms with Gasteiger partial charge in [0.25, 0.3) is 0 Å². The predicted molar refractivity (Wildman–Crippen MR) is 27.6 cm³/mol. The highest BCUT2D eigenvalue weighted by Crippen LogP contribution is 1.48. The quantitative estimate of drug-likeness (QED) is 0.249. The minimum atomic E-state index is 1.83. The van der Waals surface area contributed by atoms with Crippen molar-refractivity contribution >= 4 is 5.87 Å². The first-order chi connectivity index (χ1) is 3.41. The smallest absolute Gasteiger partial charge is 0.230 e. The molecule has 0 aromatic heterocycles. The van der Waals surface area contributed by atoms with Gasteiger partial charge in [-0.1, -0.05) is 6.42 Å². The van der Waals surface area contributed by atoms with E-state index in [1.807, 2.05) is 5.87 Å². The number of allylic oxidation sites excluding steroid dienone is 1. The summed E-state index contributed by atoms with van der Waals surface area (Å²) in [5.74, 6) is 8.37. The van der Waals surface area contributed by atoms with E-state index < -0.39 is 0 Å². The summed E-state index contributed by atoms with van der Waals surface area (Å²) in [5.41, 5.74) is 0. The van der Waals surface area contributed by atoms with Crippen LogP contribution in [0, 0.1) is 35.7 Å². The summed E-state index contributed by atoms with van der Waals surface area (Å²) in [5, 5.41) is 6.25. The molecule has 0 aromatic carbocycles. The molecule has 0 fully saturated rings. The average molecular weight is 88.1 g/mol. The molecule has 7 heavy (non-hydrogen) atoms. The molecule has 1 N–H and O–H groups in total. The molecule has 0 aromatic rings. The molecule has 0 unspecified atom stereocenters. The van der Waals surface area contributed by atoms with Crippen molar-refractivity contribution in [3.05, 3.63) is 6.08 Å². The highest BCUT2D eigenvalue weighted by Gasteiger charge is 1.68. The van der Waals surface area contributed by atoms with E-state index in [1.165, 1.54) is 0 Å². The Morgan fingerprint density at radius 2 is 2.29 bits per heavy atom. The van der Waals surface area contributed by atoms with Gasteiger partial charge in [0.15, 0.2) is 5.87 Å². The lowest BCUT2D eigenvalue weighted by molar-refractivity contribution is 1.59. The molecule has 0 rings (SSSR count). The summed E-state index contributed by atoms with van der Waals surface area (Å²) < 4.78 is 0. The zero-order valence-electron chi connectivity index (χ0n) is 3.58. The Balaban J connectivity index is 3.75. The lowest BCUT2D eigenvalue weighted by Gasteiger charge is -1.28. The van der Waals surface area contributed by atoms with Gasteiger partial charge in [-0.2, -0.15) is 0 Å². The van der Waals surface area contributed by atoms with E-state index in [2.05, 4.69) is 23.8 Å². The van der Waals surface area contributed by atoms with Crippen LogP contribution in [0.1, 0.15) is 0 Å². The zero-order chi connectivity index (χ0) is 5.54. The van der Waals surface area contributed by atoms with Crippen LogP contribution in [-0.2, 0) is 0 Å². The lowest BCUT2D eigenvalue weighted by atomic mass is 10.6. The van der Waals surface area contributed by atoms with E-state index in [1.54, 1.807) is 0 Å². The van der Waals surface area contributed by atoms with Crippen molar-refractivity contribution in [2.75, 3.05) is 0 Å². The van der Waals surface area contributed by atoms with Gasteiger partial charge in [0.1, 0.15) is 5.92 Å². The molecule has 0 aliphatic heterocycles. The number of terminal acetylenes is 1. The normalized spacial score (nSPS) is 3.29. The van der Waals surface area contributed by atoms with Gasteiger partial charge in [-0.15, -0.1) is 0 Å². The van der Waals surface area contributed by atoms with Crippen LogP contribution < -0.4 is 0 Å². The number of nitrogens with one attached hydrogen (secondary N) is 1. The molecule has 1 heteroatoms. The molecular weight excluding hydrogens is 86.1 g/mol. The summed E-state index contributed by atoms with van der Waals surface area (Å²) in [6.07, 6.45) is 6.88. The Hall–Kier alpha value is -1.52. The van der Waals surface area contributed by atoms with E-state index in [0.29, 0.717) is 0 Å². The number of rotatable bonds is 0. The van der Waals surface area contributed by atoms with Crippen molar-refractivity contribution in [3.8, 4) is 24.2 Å². The van der Waals surface area contributed by atoms with Crippen molar-refractivity contribution in [2.24, 2.45) is 0 Å². The van der Waals surface area contributed by atoms with E-state index in [-0.39, 0.29) is 0 Å². The molecule has 0 radical (unpaired) electrons. The van der Waals surface area contributed by atoms with Gasteiger partial charge >= 0.3 is 0 Å². The van der Waals surface area contributed by atoms with Crippen molar-refractivity contribution in [1.29, 1.82) is 5.41 Å². The first-order valence-electron chi connectivity index (χ1n) is 1.54. The van der Waals surface area contributed by atoms with Crippen LogP contribution in [0.3, 0.4) is 0 Å². The maximum absolute atomic E-state index is 6.25. The van der Waals surface area contributed by atoms with Gasteiger partial charge in [-0.05, 0) is 0 Å². The third-order valence-electron chi connectivity index (χ3n) is 0.260. The summed E-state index contributed by atoms with van der Waals surface area (Å²) >= 11 is 0. The summed E-state index contributed by atoms with van der Waals surface area (Å²) in [6.45, 7) is 0. The van der Waals surface area contributed by atoms with Crippen LogP contribution in [0.5, 0.6) is 0 Å². The Morgan fingerprint density at radius 1 is 1.57 bits per heavy atom. The topological polar surface area (TPSA) is 23.9 Å². The van der Waals surface area contributed by atoms with Crippen LogP contribution >= 0.6 is 0 Å². The maximum atomic E-state index is 6.25. The zero-order valence-corrected chi connectivity index (χ0v) is 3.58. The summed E-state index contributed by atoms with van der Waals surface area (Å²) in [4.78, 5) is 0. The minimum Gasteiger partial charge on any atom is -0.230 e. The van der Waals surface area contributed by atoms with Crippen LogP contribution in [-0.4, -0.2) is 5.87 Å². The third-order valence-corrected chi connectivity index (χ3v) is 0.260. The first-order valence-corrected chi connectivity index (χ1v) is 1.54. The van der Waals surface area contributed by atoms with Crippen molar-refractivity contribution in [3.63, 3.8) is 0 Å². The van der Waals surface area contributed by atoms with Gasteiger partial charge in [0.2, 0.25) is 17.9 Å². The molecule has 0 spiro atoms. The molecule has 0 aliphatic carbocycles. The van der Waals surface area contributed by atoms with Crippen LogP contribution in [0.15, 0.2) is 0 Å². The SMILES string of the molecule is C#CC#C[C+]=C=N. The van der Waals surface area contributed by atoms with Crippen LogP contribution in [0.25, 0.3) is 0 Å². The highest BCUT2D eigenvalue weighted by atomic mass is 14.3. The Bertz CT molecular complexity index is 178. The Labute approximate surface area is 42.6 Å². The summed E-state index contributed by atoms with van der Waals surface area (Å²) in [6, 6.07) is 0. The first kappa shape index (κ1) is 5.48. The molecular formula is C6H2N+. The number of hydrogen-bond acceptors (Lipinski definition) is 1.